The Balaban J connectivity index is 1.77. The van der Waals surface area contributed by atoms with Crippen molar-refractivity contribution in [3.63, 3.8) is 0 Å². The fourth-order valence-corrected chi connectivity index (χ4v) is 1.98. The lowest BCUT2D eigenvalue weighted by atomic mass is 10.1. The van der Waals surface area contributed by atoms with Crippen LogP contribution in [0, 0.1) is 13.8 Å². The van der Waals surface area contributed by atoms with Gasteiger partial charge in [-0.25, -0.2) is 0 Å². The van der Waals surface area contributed by atoms with Crippen molar-refractivity contribution in [2.75, 3.05) is 13.1 Å². The average molecular weight is 297 g/mol. The third kappa shape index (κ3) is 4.15. The van der Waals surface area contributed by atoms with E-state index in [1.54, 1.807) is 18.2 Å². The normalized spacial score (nSPS) is 10.1. The van der Waals surface area contributed by atoms with E-state index in [4.69, 9.17) is 0 Å². The molecule has 22 heavy (non-hydrogen) atoms. The van der Waals surface area contributed by atoms with E-state index in [1.807, 2.05) is 32.0 Å². The minimum Gasteiger partial charge on any atom is -0.350 e. The highest BCUT2D eigenvalue weighted by Crippen LogP contribution is 2.06. The van der Waals surface area contributed by atoms with Crippen LogP contribution in [-0.2, 0) is 0 Å². The van der Waals surface area contributed by atoms with Crippen LogP contribution in [0.1, 0.15) is 32.0 Å². The number of amides is 2. The smallest absolute Gasteiger partial charge is 0.252 e. The number of hydrogen-bond acceptors (Lipinski definition) is 3. The van der Waals surface area contributed by atoms with Gasteiger partial charge in [0.25, 0.3) is 11.8 Å². The SMILES string of the molecule is Cc1ccc(C(=O)NCCNC(=O)c2ccccc2C)cn1. The number of carbonyl (C=O) groups is 2. The number of hydrogen-bond donors (Lipinski definition) is 2. The van der Waals surface area contributed by atoms with Gasteiger partial charge in [-0.15, -0.1) is 0 Å². The highest BCUT2D eigenvalue weighted by molar-refractivity contribution is 5.96. The Hall–Kier alpha value is -2.69. The Morgan fingerprint density at radius 1 is 0.955 bits per heavy atom. The molecule has 0 fully saturated rings. The first-order valence-electron chi connectivity index (χ1n) is 7.12. The van der Waals surface area contributed by atoms with E-state index in [0.29, 0.717) is 24.2 Å². The number of aromatic nitrogens is 1. The lowest BCUT2D eigenvalue weighted by molar-refractivity contribution is 0.0927. The predicted octanol–water partition coefficient (Wildman–Crippen LogP) is 1.86. The van der Waals surface area contributed by atoms with Gasteiger partial charge in [-0.05, 0) is 37.6 Å². The molecule has 2 aromatic rings. The summed E-state index contributed by atoms with van der Waals surface area (Å²) in [5.74, 6) is -0.331. The van der Waals surface area contributed by atoms with Gasteiger partial charge in [-0.2, -0.15) is 0 Å². The molecular weight excluding hydrogens is 278 g/mol. The molecule has 2 amide bonds. The van der Waals surface area contributed by atoms with Crippen LogP contribution in [0.25, 0.3) is 0 Å². The minimum atomic E-state index is -0.197. The van der Waals surface area contributed by atoms with Crippen molar-refractivity contribution >= 4 is 11.8 Å². The first kappa shape index (κ1) is 15.7. The monoisotopic (exact) mass is 297 g/mol. The van der Waals surface area contributed by atoms with Crippen molar-refractivity contribution in [1.82, 2.24) is 15.6 Å². The second kappa shape index (κ2) is 7.36. The quantitative estimate of drug-likeness (QED) is 0.828. The van der Waals surface area contributed by atoms with Crippen molar-refractivity contribution in [2.24, 2.45) is 0 Å². The summed E-state index contributed by atoms with van der Waals surface area (Å²) < 4.78 is 0. The zero-order chi connectivity index (χ0) is 15.9. The molecule has 0 unspecified atom stereocenters. The number of pyridine rings is 1. The van der Waals surface area contributed by atoms with Crippen LogP contribution in [0.4, 0.5) is 0 Å². The van der Waals surface area contributed by atoms with Crippen LogP contribution in [0.3, 0.4) is 0 Å². The fourth-order valence-electron chi connectivity index (χ4n) is 1.98. The van der Waals surface area contributed by atoms with Crippen LogP contribution in [0.15, 0.2) is 42.6 Å². The van der Waals surface area contributed by atoms with Crippen molar-refractivity contribution in [2.45, 2.75) is 13.8 Å². The van der Waals surface area contributed by atoms with E-state index in [-0.39, 0.29) is 11.8 Å². The molecule has 2 N–H and O–H groups in total. The van der Waals surface area contributed by atoms with Crippen molar-refractivity contribution < 1.29 is 9.59 Å². The van der Waals surface area contributed by atoms with Gasteiger partial charge in [-0.1, -0.05) is 18.2 Å². The molecule has 0 atom stereocenters. The highest BCUT2D eigenvalue weighted by atomic mass is 16.2. The molecule has 2 rings (SSSR count). The van der Waals surface area contributed by atoms with Gasteiger partial charge in [0.2, 0.25) is 0 Å². The van der Waals surface area contributed by atoms with Crippen LogP contribution in [0.5, 0.6) is 0 Å². The molecule has 0 aliphatic rings. The largest absolute Gasteiger partial charge is 0.350 e. The maximum atomic E-state index is 12.0. The maximum absolute atomic E-state index is 12.0. The van der Waals surface area contributed by atoms with Gasteiger partial charge in [0, 0.05) is 30.5 Å². The summed E-state index contributed by atoms with van der Waals surface area (Å²) in [5, 5.41) is 5.53. The average Bonchev–Trinajstić information content (AvgIpc) is 2.52. The number of nitrogens with one attached hydrogen (secondary N) is 2. The Labute approximate surface area is 129 Å². The summed E-state index contributed by atoms with van der Waals surface area (Å²) in [7, 11) is 0. The molecule has 0 radical (unpaired) electrons. The van der Waals surface area contributed by atoms with E-state index in [0.717, 1.165) is 11.3 Å². The minimum absolute atomic E-state index is 0.135. The summed E-state index contributed by atoms with van der Waals surface area (Å²) in [6.45, 7) is 4.49. The molecule has 0 aliphatic heterocycles. The molecule has 114 valence electrons. The molecule has 0 aliphatic carbocycles. The van der Waals surface area contributed by atoms with Crippen molar-refractivity contribution in [3.8, 4) is 0 Å². The molecule has 5 heteroatoms. The number of rotatable bonds is 5. The molecular formula is C17H19N3O2. The van der Waals surface area contributed by atoms with E-state index in [2.05, 4.69) is 15.6 Å². The maximum Gasteiger partial charge on any atom is 0.252 e. The molecule has 0 bridgehead atoms. The molecule has 5 nitrogen and oxygen atoms in total. The standard InChI is InChI=1S/C17H19N3O2/c1-12-5-3-4-6-15(12)17(22)19-10-9-18-16(21)14-8-7-13(2)20-11-14/h3-8,11H,9-10H2,1-2H3,(H,18,21)(H,19,22). The fraction of sp³-hybridized carbons (Fsp3) is 0.235. The third-order valence-corrected chi connectivity index (χ3v) is 3.26. The molecule has 0 spiro atoms. The summed E-state index contributed by atoms with van der Waals surface area (Å²) in [6, 6.07) is 10.9. The number of carbonyl (C=O) groups excluding carboxylic acids is 2. The zero-order valence-electron chi connectivity index (χ0n) is 12.7. The number of aryl methyl sites for hydroxylation is 2. The molecule has 1 aromatic heterocycles. The zero-order valence-corrected chi connectivity index (χ0v) is 12.7. The molecule has 0 saturated heterocycles. The second-order valence-corrected chi connectivity index (χ2v) is 5.01. The molecule has 0 saturated carbocycles. The van der Waals surface area contributed by atoms with Crippen molar-refractivity contribution in [3.05, 3.63) is 65.0 Å². The summed E-state index contributed by atoms with van der Waals surface area (Å²) in [5.41, 5.74) is 2.95. The second-order valence-electron chi connectivity index (χ2n) is 5.01. The molecule has 1 heterocycles. The van der Waals surface area contributed by atoms with Gasteiger partial charge in [-0.3, -0.25) is 14.6 Å². The van der Waals surface area contributed by atoms with Crippen LogP contribution < -0.4 is 10.6 Å². The van der Waals surface area contributed by atoms with E-state index in [9.17, 15) is 9.59 Å². The first-order chi connectivity index (χ1) is 10.6. The van der Waals surface area contributed by atoms with Gasteiger partial charge in [0.1, 0.15) is 0 Å². The lowest BCUT2D eigenvalue weighted by Gasteiger charge is -2.08. The Morgan fingerprint density at radius 2 is 1.64 bits per heavy atom. The first-order valence-corrected chi connectivity index (χ1v) is 7.12. The predicted molar refractivity (Wildman–Crippen MR) is 84.8 cm³/mol. The topological polar surface area (TPSA) is 71.1 Å². The van der Waals surface area contributed by atoms with E-state index >= 15 is 0 Å². The van der Waals surface area contributed by atoms with Gasteiger partial charge >= 0.3 is 0 Å². The third-order valence-electron chi connectivity index (χ3n) is 3.26. The van der Waals surface area contributed by atoms with Gasteiger partial charge in [0.15, 0.2) is 0 Å². The summed E-state index contributed by atoms with van der Waals surface area (Å²) in [6.07, 6.45) is 1.54. The van der Waals surface area contributed by atoms with Crippen LogP contribution in [0.2, 0.25) is 0 Å². The van der Waals surface area contributed by atoms with E-state index < -0.39 is 0 Å². The number of nitrogens with zero attached hydrogens (tertiary/aromatic N) is 1. The number of benzene rings is 1. The van der Waals surface area contributed by atoms with Crippen LogP contribution in [-0.4, -0.2) is 29.9 Å². The molecule has 1 aromatic carbocycles. The Morgan fingerprint density at radius 3 is 2.27 bits per heavy atom. The highest BCUT2D eigenvalue weighted by Gasteiger charge is 2.08. The summed E-state index contributed by atoms with van der Waals surface area (Å²) >= 11 is 0. The Kier molecular flexibility index (Phi) is 5.25. The van der Waals surface area contributed by atoms with Crippen molar-refractivity contribution in [1.29, 1.82) is 0 Å². The van der Waals surface area contributed by atoms with E-state index in [1.165, 1.54) is 6.20 Å². The van der Waals surface area contributed by atoms with Crippen LogP contribution >= 0.6 is 0 Å². The van der Waals surface area contributed by atoms with Gasteiger partial charge in [0.05, 0.1) is 5.56 Å². The Bertz CT molecular complexity index is 666. The lowest BCUT2D eigenvalue weighted by Crippen LogP contribution is -2.35. The van der Waals surface area contributed by atoms with Gasteiger partial charge < -0.3 is 10.6 Å². The summed E-state index contributed by atoms with van der Waals surface area (Å²) in [4.78, 5) is 27.9.